The van der Waals surface area contributed by atoms with Gasteiger partial charge in [0, 0.05) is 12.3 Å². The molecule has 3 atom stereocenters. The first kappa shape index (κ1) is 9.05. The highest BCUT2D eigenvalue weighted by Crippen LogP contribution is 2.33. The quantitative estimate of drug-likeness (QED) is 0.521. The van der Waals surface area contributed by atoms with Gasteiger partial charge in [-0.05, 0) is 24.7 Å². The lowest BCUT2D eigenvalue weighted by molar-refractivity contribution is 0.0266. The van der Waals surface area contributed by atoms with Gasteiger partial charge in [0.25, 0.3) is 0 Å². The van der Waals surface area contributed by atoms with Gasteiger partial charge in [-0.1, -0.05) is 20.8 Å². The van der Waals surface area contributed by atoms with Crippen molar-refractivity contribution in [3.05, 3.63) is 0 Å². The van der Waals surface area contributed by atoms with Crippen LogP contribution in [0.3, 0.4) is 0 Å². The molecular weight excluding hydrogens is 136 g/mol. The lowest BCUT2D eigenvalue weighted by atomic mass is 9.75. The Kier molecular flexibility index (Phi) is 2.94. The van der Waals surface area contributed by atoms with Crippen molar-refractivity contribution in [1.29, 1.82) is 0 Å². The van der Waals surface area contributed by atoms with Crippen LogP contribution in [0.2, 0.25) is 0 Å². The van der Waals surface area contributed by atoms with E-state index in [0.29, 0.717) is 11.8 Å². The molecule has 0 spiro atoms. The Morgan fingerprint density at radius 1 is 1.27 bits per heavy atom. The molecule has 11 heavy (non-hydrogen) atoms. The van der Waals surface area contributed by atoms with Crippen LogP contribution in [0.25, 0.3) is 0 Å². The number of rotatable bonds is 1. The SMILES string of the molecule is CC(C)[C@@H]1CC[C@@H](C)C[C@H]1[OH2+]. The lowest BCUT2D eigenvalue weighted by Crippen LogP contribution is -2.31. The summed E-state index contributed by atoms with van der Waals surface area (Å²) < 4.78 is 0. The van der Waals surface area contributed by atoms with Crippen molar-refractivity contribution in [2.45, 2.75) is 46.1 Å². The molecular formula is C10H21O+. The third-order valence-electron chi connectivity index (χ3n) is 3.02. The summed E-state index contributed by atoms with van der Waals surface area (Å²) in [7, 11) is 0. The maximum Gasteiger partial charge on any atom is 0.157 e. The minimum Gasteiger partial charge on any atom is -0.443 e. The standard InChI is InChI=1S/C10H20O/c1-7(2)9-5-4-8(3)6-10(9)11/h7-11H,4-6H2,1-3H3/p+1/t8-,9+,10-/m1/s1. The zero-order valence-corrected chi connectivity index (χ0v) is 7.93. The Labute approximate surface area is 69.8 Å². The molecule has 0 amide bonds. The largest absolute Gasteiger partial charge is 0.443 e. The minimum absolute atomic E-state index is 0.221. The number of hydrogen-bond acceptors (Lipinski definition) is 0. The van der Waals surface area contributed by atoms with Crippen molar-refractivity contribution >= 4 is 0 Å². The topological polar surface area (TPSA) is 22.9 Å². The Hall–Kier alpha value is -0.0400. The molecule has 0 radical (unpaired) electrons. The average Bonchev–Trinajstić information content (AvgIpc) is 1.85. The van der Waals surface area contributed by atoms with Crippen molar-refractivity contribution in [2.24, 2.45) is 17.8 Å². The normalized spacial score (nSPS) is 39.5. The monoisotopic (exact) mass is 157 g/mol. The Bertz CT molecular complexity index is 120. The van der Waals surface area contributed by atoms with Gasteiger partial charge in [0.1, 0.15) is 0 Å². The third kappa shape index (κ3) is 2.19. The van der Waals surface area contributed by atoms with Crippen LogP contribution >= 0.6 is 0 Å². The second-order valence-corrected chi connectivity index (χ2v) is 4.43. The van der Waals surface area contributed by atoms with Gasteiger partial charge in [-0.2, -0.15) is 0 Å². The van der Waals surface area contributed by atoms with Gasteiger partial charge in [0.2, 0.25) is 0 Å². The van der Waals surface area contributed by atoms with E-state index in [4.69, 9.17) is 5.11 Å². The van der Waals surface area contributed by atoms with Crippen LogP contribution in [0.4, 0.5) is 0 Å². The number of hydrogen-bond donors (Lipinski definition) is 0. The van der Waals surface area contributed by atoms with E-state index in [1.165, 1.54) is 12.8 Å². The Morgan fingerprint density at radius 3 is 2.36 bits per heavy atom. The minimum atomic E-state index is 0.221. The first-order chi connectivity index (χ1) is 5.11. The van der Waals surface area contributed by atoms with Crippen LogP contribution in [0, 0.1) is 17.8 Å². The second-order valence-electron chi connectivity index (χ2n) is 4.43. The van der Waals surface area contributed by atoms with Crippen LogP contribution in [0.1, 0.15) is 40.0 Å². The first-order valence-corrected chi connectivity index (χ1v) is 4.82. The zero-order valence-electron chi connectivity index (χ0n) is 7.93. The van der Waals surface area contributed by atoms with E-state index in [-0.39, 0.29) is 6.10 Å². The van der Waals surface area contributed by atoms with Gasteiger partial charge < -0.3 is 5.11 Å². The van der Waals surface area contributed by atoms with Gasteiger partial charge in [0.15, 0.2) is 6.10 Å². The van der Waals surface area contributed by atoms with E-state index in [1.54, 1.807) is 0 Å². The van der Waals surface area contributed by atoms with Crippen molar-refractivity contribution in [3.63, 3.8) is 0 Å². The molecule has 0 aromatic rings. The molecule has 1 aliphatic rings. The molecule has 0 saturated heterocycles. The molecule has 0 bridgehead atoms. The van der Waals surface area contributed by atoms with Crippen LogP contribution in [0.5, 0.6) is 0 Å². The first-order valence-electron chi connectivity index (χ1n) is 4.82. The lowest BCUT2D eigenvalue weighted by Gasteiger charge is -2.30. The summed E-state index contributed by atoms with van der Waals surface area (Å²) in [6.07, 6.45) is 3.98. The van der Waals surface area contributed by atoms with Crippen LogP contribution in [-0.4, -0.2) is 11.2 Å². The van der Waals surface area contributed by atoms with Gasteiger partial charge in [-0.3, -0.25) is 0 Å². The van der Waals surface area contributed by atoms with Gasteiger partial charge in [-0.25, -0.2) is 0 Å². The molecule has 0 unspecified atom stereocenters. The predicted molar refractivity (Wildman–Crippen MR) is 48.7 cm³/mol. The van der Waals surface area contributed by atoms with E-state index in [2.05, 4.69) is 20.8 Å². The predicted octanol–water partition coefficient (Wildman–Crippen LogP) is 2.17. The van der Waals surface area contributed by atoms with E-state index < -0.39 is 0 Å². The summed E-state index contributed by atoms with van der Waals surface area (Å²) >= 11 is 0. The molecule has 0 aliphatic heterocycles. The highest BCUT2D eigenvalue weighted by atomic mass is 16.3. The summed E-state index contributed by atoms with van der Waals surface area (Å²) in [6.45, 7) is 6.78. The van der Waals surface area contributed by atoms with Crippen molar-refractivity contribution in [2.75, 3.05) is 0 Å². The molecule has 1 fully saturated rings. The van der Waals surface area contributed by atoms with E-state index in [9.17, 15) is 0 Å². The molecule has 1 rings (SSSR count). The Morgan fingerprint density at radius 2 is 1.91 bits per heavy atom. The van der Waals surface area contributed by atoms with Gasteiger partial charge >= 0.3 is 0 Å². The third-order valence-corrected chi connectivity index (χ3v) is 3.02. The molecule has 66 valence electrons. The summed E-state index contributed by atoms with van der Waals surface area (Å²) in [5, 5.41) is 7.89. The van der Waals surface area contributed by atoms with E-state index >= 15 is 0 Å². The summed E-state index contributed by atoms with van der Waals surface area (Å²) in [5.74, 6) is 2.18. The highest BCUT2D eigenvalue weighted by Gasteiger charge is 2.32. The second kappa shape index (κ2) is 3.57. The van der Waals surface area contributed by atoms with Gasteiger partial charge in [0.05, 0.1) is 0 Å². The fourth-order valence-electron chi connectivity index (χ4n) is 2.20. The Balaban J connectivity index is 2.44. The molecule has 1 heteroatoms. The van der Waals surface area contributed by atoms with Crippen molar-refractivity contribution in [1.82, 2.24) is 0 Å². The summed E-state index contributed by atoms with van der Waals surface area (Å²) in [4.78, 5) is 0. The molecule has 2 N–H and O–H groups in total. The van der Waals surface area contributed by atoms with Crippen molar-refractivity contribution in [3.8, 4) is 0 Å². The molecule has 0 aromatic carbocycles. The summed E-state index contributed by atoms with van der Waals surface area (Å²) in [6, 6.07) is 0. The van der Waals surface area contributed by atoms with E-state index in [0.717, 1.165) is 12.3 Å². The average molecular weight is 157 g/mol. The molecule has 0 heterocycles. The summed E-state index contributed by atoms with van der Waals surface area (Å²) in [5.41, 5.74) is 0. The van der Waals surface area contributed by atoms with Crippen LogP contribution in [0.15, 0.2) is 0 Å². The van der Waals surface area contributed by atoms with Crippen molar-refractivity contribution < 1.29 is 5.11 Å². The molecule has 1 aliphatic carbocycles. The maximum absolute atomic E-state index is 7.89. The van der Waals surface area contributed by atoms with Crippen LogP contribution in [-0.2, 0) is 0 Å². The molecule has 1 nitrogen and oxygen atoms in total. The fourth-order valence-corrected chi connectivity index (χ4v) is 2.20. The molecule has 1 saturated carbocycles. The van der Waals surface area contributed by atoms with Crippen LogP contribution < -0.4 is 0 Å². The van der Waals surface area contributed by atoms with Gasteiger partial charge in [-0.15, -0.1) is 0 Å². The fraction of sp³-hybridized carbons (Fsp3) is 1.00. The highest BCUT2D eigenvalue weighted by molar-refractivity contribution is 4.79. The zero-order chi connectivity index (χ0) is 8.43. The maximum atomic E-state index is 7.89. The smallest absolute Gasteiger partial charge is 0.157 e. The van der Waals surface area contributed by atoms with E-state index in [1.807, 2.05) is 0 Å². The molecule has 0 aromatic heterocycles.